The SMILES string of the molecule is CCN1CCCC(N2CC(C)(C3CC3)NCC2C)C1. The van der Waals surface area contributed by atoms with Crippen LogP contribution in [0.1, 0.15) is 46.5 Å². The van der Waals surface area contributed by atoms with Crippen molar-refractivity contribution >= 4 is 0 Å². The quantitative estimate of drug-likeness (QED) is 0.841. The molecule has 1 aliphatic carbocycles. The molecule has 19 heavy (non-hydrogen) atoms. The lowest BCUT2D eigenvalue weighted by Gasteiger charge is -2.50. The molecule has 0 bridgehead atoms. The maximum atomic E-state index is 3.85. The molecule has 2 heterocycles. The second kappa shape index (κ2) is 5.34. The van der Waals surface area contributed by atoms with Crippen LogP contribution in [0.25, 0.3) is 0 Å². The predicted molar refractivity (Wildman–Crippen MR) is 80.4 cm³/mol. The number of likely N-dealkylation sites (N-methyl/N-ethyl adjacent to an activating group) is 1. The van der Waals surface area contributed by atoms with Gasteiger partial charge in [0.25, 0.3) is 0 Å². The Kier molecular flexibility index (Phi) is 3.89. The zero-order chi connectivity index (χ0) is 13.5. The van der Waals surface area contributed by atoms with E-state index in [9.17, 15) is 0 Å². The van der Waals surface area contributed by atoms with Gasteiger partial charge < -0.3 is 10.2 Å². The molecule has 0 radical (unpaired) electrons. The summed E-state index contributed by atoms with van der Waals surface area (Å²) in [7, 11) is 0. The number of likely N-dealkylation sites (tertiary alicyclic amines) is 1. The lowest BCUT2D eigenvalue weighted by molar-refractivity contribution is 0.0141. The van der Waals surface area contributed by atoms with Gasteiger partial charge in [0.15, 0.2) is 0 Å². The lowest BCUT2D eigenvalue weighted by atomic mass is 9.89. The van der Waals surface area contributed by atoms with E-state index in [1.165, 1.54) is 58.4 Å². The highest BCUT2D eigenvalue weighted by molar-refractivity contribution is 5.05. The van der Waals surface area contributed by atoms with Crippen molar-refractivity contribution in [3.8, 4) is 0 Å². The minimum atomic E-state index is 0.390. The number of hydrogen-bond acceptors (Lipinski definition) is 3. The summed E-state index contributed by atoms with van der Waals surface area (Å²) >= 11 is 0. The number of nitrogens with zero attached hydrogens (tertiary/aromatic N) is 2. The van der Waals surface area contributed by atoms with Crippen LogP contribution in [0.3, 0.4) is 0 Å². The van der Waals surface area contributed by atoms with Gasteiger partial charge in [0.1, 0.15) is 0 Å². The van der Waals surface area contributed by atoms with Crippen LogP contribution < -0.4 is 5.32 Å². The first-order valence-corrected chi connectivity index (χ1v) is 8.35. The highest BCUT2D eigenvalue weighted by atomic mass is 15.3. The van der Waals surface area contributed by atoms with Crippen LogP contribution in [-0.2, 0) is 0 Å². The monoisotopic (exact) mass is 265 g/mol. The van der Waals surface area contributed by atoms with Gasteiger partial charge in [0.05, 0.1) is 0 Å². The van der Waals surface area contributed by atoms with Crippen LogP contribution in [-0.4, -0.2) is 60.1 Å². The van der Waals surface area contributed by atoms with Gasteiger partial charge >= 0.3 is 0 Å². The number of piperazine rings is 1. The molecule has 0 aromatic carbocycles. The molecule has 1 saturated carbocycles. The van der Waals surface area contributed by atoms with Crippen molar-refractivity contribution in [1.29, 1.82) is 0 Å². The molecule has 3 nitrogen and oxygen atoms in total. The summed E-state index contributed by atoms with van der Waals surface area (Å²) < 4.78 is 0. The zero-order valence-corrected chi connectivity index (χ0v) is 13.0. The molecular weight excluding hydrogens is 234 g/mol. The van der Waals surface area contributed by atoms with E-state index in [2.05, 4.69) is 35.9 Å². The molecule has 2 aliphatic heterocycles. The summed E-state index contributed by atoms with van der Waals surface area (Å²) in [5, 5.41) is 3.85. The van der Waals surface area contributed by atoms with Crippen LogP contribution >= 0.6 is 0 Å². The normalized spacial score (nSPS) is 42.5. The van der Waals surface area contributed by atoms with Crippen molar-refractivity contribution < 1.29 is 0 Å². The fourth-order valence-corrected chi connectivity index (χ4v) is 4.16. The smallest absolute Gasteiger partial charge is 0.0309 e. The van der Waals surface area contributed by atoms with Gasteiger partial charge in [-0.2, -0.15) is 0 Å². The average Bonchev–Trinajstić information content (AvgIpc) is 3.27. The molecule has 1 N–H and O–H groups in total. The first-order chi connectivity index (χ1) is 9.12. The zero-order valence-electron chi connectivity index (χ0n) is 13.0. The fraction of sp³-hybridized carbons (Fsp3) is 1.00. The summed E-state index contributed by atoms with van der Waals surface area (Å²) in [5.41, 5.74) is 0.390. The topological polar surface area (TPSA) is 18.5 Å². The molecule has 0 aromatic heterocycles. The van der Waals surface area contributed by atoms with Crippen molar-refractivity contribution in [2.45, 2.75) is 64.1 Å². The van der Waals surface area contributed by atoms with Crippen LogP contribution in [0, 0.1) is 5.92 Å². The maximum Gasteiger partial charge on any atom is 0.0309 e. The molecule has 3 rings (SSSR count). The average molecular weight is 265 g/mol. The highest BCUT2D eigenvalue weighted by Gasteiger charge is 2.46. The lowest BCUT2D eigenvalue weighted by Crippen LogP contribution is -2.66. The van der Waals surface area contributed by atoms with E-state index in [0.717, 1.165) is 12.0 Å². The Morgan fingerprint density at radius 2 is 2.05 bits per heavy atom. The molecule has 0 amide bonds. The summed E-state index contributed by atoms with van der Waals surface area (Å²) in [6.07, 6.45) is 5.67. The summed E-state index contributed by atoms with van der Waals surface area (Å²) in [6.45, 7) is 13.4. The Balaban J connectivity index is 1.67. The van der Waals surface area contributed by atoms with Crippen molar-refractivity contribution in [3.63, 3.8) is 0 Å². The number of piperidine rings is 1. The molecule has 3 aliphatic rings. The Labute approximate surface area is 118 Å². The van der Waals surface area contributed by atoms with E-state index >= 15 is 0 Å². The number of hydrogen-bond donors (Lipinski definition) is 1. The number of nitrogens with one attached hydrogen (secondary N) is 1. The summed E-state index contributed by atoms with van der Waals surface area (Å²) in [6, 6.07) is 1.50. The van der Waals surface area contributed by atoms with E-state index in [-0.39, 0.29) is 0 Å². The molecule has 3 unspecified atom stereocenters. The van der Waals surface area contributed by atoms with Gasteiger partial charge in [-0.15, -0.1) is 0 Å². The van der Waals surface area contributed by atoms with Crippen LogP contribution in [0.2, 0.25) is 0 Å². The second-order valence-corrected chi connectivity index (χ2v) is 7.28. The van der Waals surface area contributed by atoms with Gasteiger partial charge in [-0.25, -0.2) is 0 Å². The molecule has 3 atom stereocenters. The van der Waals surface area contributed by atoms with Gasteiger partial charge in [-0.05, 0) is 58.5 Å². The second-order valence-electron chi connectivity index (χ2n) is 7.28. The molecular formula is C16H31N3. The van der Waals surface area contributed by atoms with Gasteiger partial charge in [-0.1, -0.05) is 6.92 Å². The van der Waals surface area contributed by atoms with Crippen LogP contribution in [0.15, 0.2) is 0 Å². The maximum absolute atomic E-state index is 3.85. The fourth-order valence-electron chi connectivity index (χ4n) is 4.16. The van der Waals surface area contributed by atoms with E-state index in [1.807, 2.05) is 0 Å². The molecule has 0 spiro atoms. The van der Waals surface area contributed by atoms with E-state index in [1.54, 1.807) is 0 Å². The van der Waals surface area contributed by atoms with E-state index < -0.39 is 0 Å². The molecule has 3 heteroatoms. The Morgan fingerprint density at radius 1 is 1.26 bits per heavy atom. The van der Waals surface area contributed by atoms with Crippen molar-refractivity contribution in [3.05, 3.63) is 0 Å². The summed E-state index contributed by atoms with van der Waals surface area (Å²) in [5.74, 6) is 0.938. The number of rotatable bonds is 3. The van der Waals surface area contributed by atoms with Crippen LogP contribution in [0.4, 0.5) is 0 Å². The van der Waals surface area contributed by atoms with Gasteiger partial charge in [0, 0.05) is 37.3 Å². The molecule has 0 aromatic rings. The van der Waals surface area contributed by atoms with Crippen LogP contribution in [0.5, 0.6) is 0 Å². The third-order valence-electron chi connectivity index (χ3n) is 5.75. The Morgan fingerprint density at radius 3 is 2.74 bits per heavy atom. The van der Waals surface area contributed by atoms with E-state index in [0.29, 0.717) is 11.6 Å². The predicted octanol–water partition coefficient (Wildman–Crippen LogP) is 1.93. The first kappa shape index (κ1) is 13.8. The Hall–Kier alpha value is -0.120. The van der Waals surface area contributed by atoms with Gasteiger partial charge in [-0.3, -0.25) is 4.90 Å². The third kappa shape index (κ3) is 2.84. The highest BCUT2D eigenvalue weighted by Crippen LogP contribution is 2.42. The molecule has 110 valence electrons. The Bertz CT molecular complexity index is 315. The standard InChI is InChI=1S/C16H31N3/c1-4-18-9-5-6-15(11-18)19-12-16(3,14-7-8-14)17-10-13(19)2/h13-15,17H,4-12H2,1-3H3. The first-order valence-electron chi connectivity index (χ1n) is 8.35. The minimum absolute atomic E-state index is 0.390. The molecule has 3 fully saturated rings. The third-order valence-corrected chi connectivity index (χ3v) is 5.75. The van der Waals surface area contributed by atoms with E-state index in [4.69, 9.17) is 0 Å². The largest absolute Gasteiger partial charge is 0.308 e. The van der Waals surface area contributed by atoms with Gasteiger partial charge in [0.2, 0.25) is 0 Å². The summed E-state index contributed by atoms with van der Waals surface area (Å²) in [4.78, 5) is 5.47. The van der Waals surface area contributed by atoms with Crippen molar-refractivity contribution in [2.75, 3.05) is 32.7 Å². The minimum Gasteiger partial charge on any atom is -0.308 e. The molecule has 2 saturated heterocycles. The van der Waals surface area contributed by atoms with Crippen molar-refractivity contribution in [2.24, 2.45) is 5.92 Å². The van der Waals surface area contributed by atoms with Crippen molar-refractivity contribution in [1.82, 2.24) is 15.1 Å².